The standard InChI is InChI=1S/C23H36N6O/c1-6-8-13-29(12-7-2)23-26-21(16-22(27-23)30-14-11-24-5)17-25-28-20-10-9-18(3)19(4)15-20/h9-10,15-17,24,28H,6-8,11-14H2,1-5H3/b25-17+. The van der Waals surface area contributed by atoms with E-state index < -0.39 is 0 Å². The first-order valence-electron chi connectivity index (χ1n) is 10.8. The molecule has 0 radical (unpaired) electrons. The molecule has 7 heteroatoms. The second-order valence-electron chi connectivity index (χ2n) is 7.39. The van der Waals surface area contributed by atoms with Crippen molar-refractivity contribution in [3.63, 3.8) is 0 Å². The van der Waals surface area contributed by atoms with Crippen molar-refractivity contribution in [3.05, 3.63) is 41.1 Å². The second-order valence-corrected chi connectivity index (χ2v) is 7.39. The summed E-state index contributed by atoms with van der Waals surface area (Å²) in [5.41, 5.74) is 7.24. The highest BCUT2D eigenvalue weighted by Crippen LogP contribution is 2.17. The van der Waals surface area contributed by atoms with E-state index >= 15 is 0 Å². The number of hydrazone groups is 1. The molecule has 0 aliphatic heterocycles. The van der Waals surface area contributed by atoms with Crippen molar-refractivity contribution in [1.82, 2.24) is 15.3 Å². The third kappa shape index (κ3) is 7.63. The Bertz CT molecular complexity index is 808. The lowest BCUT2D eigenvalue weighted by Crippen LogP contribution is -2.28. The van der Waals surface area contributed by atoms with Gasteiger partial charge in [0.25, 0.3) is 0 Å². The summed E-state index contributed by atoms with van der Waals surface area (Å²) in [6.07, 6.45) is 4.99. The first-order chi connectivity index (χ1) is 14.6. The summed E-state index contributed by atoms with van der Waals surface area (Å²) < 4.78 is 5.83. The summed E-state index contributed by atoms with van der Waals surface area (Å²) in [5.74, 6) is 1.26. The number of nitrogens with zero attached hydrogens (tertiary/aromatic N) is 4. The average Bonchev–Trinajstić information content (AvgIpc) is 2.74. The van der Waals surface area contributed by atoms with Crippen molar-refractivity contribution in [2.45, 2.75) is 47.0 Å². The van der Waals surface area contributed by atoms with Crippen molar-refractivity contribution in [2.24, 2.45) is 5.10 Å². The van der Waals surface area contributed by atoms with Crippen LogP contribution >= 0.6 is 0 Å². The monoisotopic (exact) mass is 412 g/mol. The van der Waals surface area contributed by atoms with Gasteiger partial charge >= 0.3 is 0 Å². The van der Waals surface area contributed by atoms with Crippen LogP contribution in [0.3, 0.4) is 0 Å². The maximum absolute atomic E-state index is 5.83. The van der Waals surface area contributed by atoms with Gasteiger partial charge in [-0.25, -0.2) is 4.98 Å². The molecule has 0 saturated carbocycles. The highest BCUT2D eigenvalue weighted by molar-refractivity contribution is 5.78. The Hall–Kier alpha value is -2.67. The molecule has 0 unspecified atom stereocenters. The maximum Gasteiger partial charge on any atom is 0.229 e. The highest BCUT2D eigenvalue weighted by atomic mass is 16.5. The van der Waals surface area contributed by atoms with E-state index in [4.69, 9.17) is 9.72 Å². The van der Waals surface area contributed by atoms with Gasteiger partial charge in [0.2, 0.25) is 11.8 Å². The third-order valence-electron chi connectivity index (χ3n) is 4.77. The molecule has 1 heterocycles. The van der Waals surface area contributed by atoms with Gasteiger partial charge in [0.15, 0.2) is 0 Å². The normalized spacial score (nSPS) is 11.1. The SMILES string of the molecule is CCCCN(CCC)c1nc(/C=N/Nc2ccc(C)c(C)c2)cc(OCCNC)n1. The van der Waals surface area contributed by atoms with Crippen LogP contribution in [-0.2, 0) is 0 Å². The van der Waals surface area contributed by atoms with E-state index in [0.29, 0.717) is 24.1 Å². The Morgan fingerprint density at radius 3 is 2.60 bits per heavy atom. The Kier molecular flexibility index (Phi) is 10.1. The molecule has 2 N–H and O–H groups in total. The van der Waals surface area contributed by atoms with E-state index in [2.05, 4.69) is 65.6 Å². The molecule has 2 rings (SSSR count). The minimum absolute atomic E-state index is 0.549. The molecular formula is C23H36N6O. The van der Waals surface area contributed by atoms with Gasteiger partial charge in [-0.05, 0) is 57.0 Å². The van der Waals surface area contributed by atoms with E-state index in [1.54, 1.807) is 6.21 Å². The molecule has 0 saturated heterocycles. The number of aryl methyl sites for hydroxylation is 2. The summed E-state index contributed by atoms with van der Waals surface area (Å²) in [4.78, 5) is 11.6. The number of hydrogen-bond donors (Lipinski definition) is 2. The van der Waals surface area contributed by atoms with E-state index in [9.17, 15) is 0 Å². The maximum atomic E-state index is 5.83. The van der Waals surface area contributed by atoms with Crippen LogP contribution in [0.4, 0.5) is 11.6 Å². The Balaban J connectivity index is 2.21. The molecule has 30 heavy (non-hydrogen) atoms. The molecule has 7 nitrogen and oxygen atoms in total. The molecule has 0 amide bonds. The molecule has 1 aromatic carbocycles. The van der Waals surface area contributed by atoms with Gasteiger partial charge in [-0.15, -0.1) is 0 Å². The van der Waals surface area contributed by atoms with Crippen molar-refractivity contribution in [3.8, 4) is 5.88 Å². The van der Waals surface area contributed by atoms with Crippen LogP contribution in [-0.4, -0.2) is 49.5 Å². The van der Waals surface area contributed by atoms with Crippen molar-refractivity contribution in [2.75, 3.05) is 43.6 Å². The summed E-state index contributed by atoms with van der Waals surface area (Å²) in [6, 6.07) is 8.01. The predicted molar refractivity (Wildman–Crippen MR) is 126 cm³/mol. The third-order valence-corrected chi connectivity index (χ3v) is 4.77. The van der Waals surface area contributed by atoms with Gasteiger partial charge in [-0.2, -0.15) is 10.1 Å². The van der Waals surface area contributed by atoms with Gasteiger partial charge in [-0.3, -0.25) is 5.43 Å². The van der Waals surface area contributed by atoms with Gasteiger partial charge < -0.3 is 15.0 Å². The van der Waals surface area contributed by atoms with E-state index in [0.717, 1.165) is 44.6 Å². The average molecular weight is 413 g/mol. The fourth-order valence-corrected chi connectivity index (χ4v) is 2.88. The van der Waals surface area contributed by atoms with Crippen molar-refractivity contribution < 1.29 is 4.74 Å². The Morgan fingerprint density at radius 1 is 1.07 bits per heavy atom. The van der Waals surface area contributed by atoms with Gasteiger partial charge in [0, 0.05) is 25.7 Å². The minimum atomic E-state index is 0.549. The van der Waals surface area contributed by atoms with Crippen LogP contribution < -0.4 is 20.4 Å². The molecular weight excluding hydrogens is 376 g/mol. The quantitative estimate of drug-likeness (QED) is 0.292. The van der Waals surface area contributed by atoms with E-state index in [-0.39, 0.29) is 0 Å². The number of hydrogen-bond acceptors (Lipinski definition) is 7. The number of aromatic nitrogens is 2. The lowest BCUT2D eigenvalue weighted by molar-refractivity contribution is 0.306. The number of anilines is 2. The van der Waals surface area contributed by atoms with Gasteiger partial charge in [0.05, 0.1) is 17.6 Å². The van der Waals surface area contributed by atoms with Gasteiger partial charge in [0.1, 0.15) is 6.61 Å². The van der Waals surface area contributed by atoms with Crippen molar-refractivity contribution >= 4 is 17.9 Å². The number of unbranched alkanes of at least 4 members (excludes halogenated alkanes) is 1. The molecule has 0 fully saturated rings. The minimum Gasteiger partial charge on any atom is -0.476 e. The molecule has 0 spiro atoms. The number of likely N-dealkylation sites (N-methyl/N-ethyl adjacent to an activating group) is 1. The first-order valence-corrected chi connectivity index (χ1v) is 10.8. The van der Waals surface area contributed by atoms with Gasteiger partial charge in [-0.1, -0.05) is 26.3 Å². The summed E-state index contributed by atoms with van der Waals surface area (Å²) >= 11 is 0. The topological polar surface area (TPSA) is 74.7 Å². The summed E-state index contributed by atoms with van der Waals surface area (Å²) in [5, 5.41) is 7.46. The van der Waals surface area contributed by atoms with Crippen LogP contribution in [0.5, 0.6) is 5.88 Å². The smallest absolute Gasteiger partial charge is 0.229 e. The largest absolute Gasteiger partial charge is 0.476 e. The van der Waals surface area contributed by atoms with Crippen LogP contribution in [0.25, 0.3) is 0 Å². The number of benzene rings is 1. The van der Waals surface area contributed by atoms with E-state index in [1.165, 1.54) is 11.1 Å². The summed E-state index contributed by atoms with van der Waals surface area (Å²) in [7, 11) is 1.90. The number of nitrogens with one attached hydrogen (secondary N) is 2. The van der Waals surface area contributed by atoms with Crippen LogP contribution in [0.1, 0.15) is 49.9 Å². The van der Waals surface area contributed by atoms with E-state index in [1.807, 2.05) is 19.2 Å². The molecule has 164 valence electrons. The predicted octanol–water partition coefficient (Wildman–Crippen LogP) is 4.15. The van der Waals surface area contributed by atoms with Crippen molar-refractivity contribution in [1.29, 1.82) is 0 Å². The molecule has 0 bridgehead atoms. The number of ether oxygens (including phenoxy) is 1. The molecule has 1 aromatic heterocycles. The fourth-order valence-electron chi connectivity index (χ4n) is 2.88. The highest BCUT2D eigenvalue weighted by Gasteiger charge is 2.12. The zero-order chi connectivity index (χ0) is 21.8. The Labute approximate surface area is 181 Å². The Morgan fingerprint density at radius 2 is 1.90 bits per heavy atom. The van der Waals surface area contributed by atoms with Crippen LogP contribution in [0.15, 0.2) is 29.4 Å². The zero-order valence-electron chi connectivity index (χ0n) is 19.0. The molecule has 0 aliphatic rings. The van der Waals surface area contributed by atoms with Crippen LogP contribution in [0.2, 0.25) is 0 Å². The fraction of sp³-hybridized carbons (Fsp3) is 0.522. The summed E-state index contributed by atoms with van der Waals surface area (Å²) in [6.45, 7) is 11.7. The first kappa shape index (κ1) is 23.6. The lowest BCUT2D eigenvalue weighted by atomic mass is 10.1. The zero-order valence-corrected chi connectivity index (χ0v) is 19.0. The molecule has 0 atom stereocenters. The molecule has 2 aromatic rings. The lowest BCUT2D eigenvalue weighted by Gasteiger charge is -2.22. The molecule has 0 aliphatic carbocycles. The van der Waals surface area contributed by atoms with Crippen LogP contribution in [0, 0.1) is 13.8 Å². The second kappa shape index (κ2) is 12.8. The number of rotatable bonds is 13.